The molecule has 0 saturated carbocycles. The molecular formula is C20H20BrN7OS. The van der Waals surface area contributed by atoms with E-state index in [1.165, 1.54) is 0 Å². The third kappa shape index (κ3) is 4.10. The standard InChI is InChI=1S/C20H20BrN7OS/c1-13-18(24-26-28(13)15-7-5-6-14(21)12-15)20(29)22-16(9-11-30-2)19-25-23-17-8-3-4-10-27(17)19/h3-8,10,12,16H,9,11H2,1-2H3,(H,22,29). The first kappa shape index (κ1) is 20.5. The lowest BCUT2D eigenvalue weighted by Gasteiger charge is -2.16. The highest BCUT2D eigenvalue weighted by molar-refractivity contribution is 9.10. The van der Waals surface area contributed by atoms with Gasteiger partial charge in [0.15, 0.2) is 17.2 Å². The second-order valence-corrected chi connectivity index (χ2v) is 8.61. The number of thioether (sulfide) groups is 1. The number of benzene rings is 1. The number of carbonyl (C=O) groups is 1. The van der Waals surface area contributed by atoms with Crippen LogP contribution in [0.5, 0.6) is 0 Å². The maximum atomic E-state index is 13.1. The van der Waals surface area contributed by atoms with Crippen molar-refractivity contribution >= 4 is 39.2 Å². The zero-order valence-electron chi connectivity index (χ0n) is 16.5. The van der Waals surface area contributed by atoms with Crippen LogP contribution in [0, 0.1) is 6.92 Å². The average Bonchev–Trinajstić information content (AvgIpc) is 3.35. The van der Waals surface area contributed by atoms with Crippen molar-refractivity contribution in [1.82, 2.24) is 34.9 Å². The van der Waals surface area contributed by atoms with Gasteiger partial charge in [0.25, 0.3) is 5.91 Å². The molecule has 0 radical (unpaired) electrons. The molecule has 1 atom stereocenters. The van der Waals surface area contributed by atoms with Crippen LogP contribution in [0.3, 0.4) is 0 Å². The SMILES string of the molecule is CSCCC(NC(=O)c1nnn(-c2cccc(Br)c2)c1C)c1nnc2ccccn12. The van der Waals surface area contributed by atoms with Gasteiger partial charge in [0.05, 0.1) is 17.4 Å². The van der Waals surface area contributed by atoms with Gasteiger partial charge in [-0.25, -0.2) is 4.68 Å². The molecule has 1 N–H and O–H groups in total. The molecule has 0 bridgehead atoms. The van der Waals surface area contributed by atoms with Crippen LogP contribution in [0.1, 0.15) is 34.5 Å². The molecule has 1 amide bonds. The van der Waals surface area contributed by atoms with Crippen LogP contribution in [-0.2, 0) is 0 Å². The number of nitrogens with zero attached hydrogens (tertiary/aromatic N) is 6. The number of hydrogen-bond acceptors (Lipinski definition) is 6. The minimum absolute atomic E-state index is 0.285. The van der Waals surface area contributed by atoms with Crippen molar-refractivity contribution in [2.75, 3.05) is 12.0 Å². The van der Waals surface area contributed by atoms with Crippen molar-refractivity contribution in [3.05, 3.63) is 70.3 Å². The molecule has 30 heavy (non-hydrogen) atoms. The quantitative estimate of drug-likeness (QED) is 0.430. The number of pyridine rings is 1. The molecule has 0 aliphatic heterocycles. The van der Waals surface area contributed by atoms with E-state index >= 15 is 0 Å². The van der Waals surface area contributed by atoms with Crippen molar-refractivity contribution in [3.63, 3.8) is 0 Å². The number of fused-ring (bicyclic) bond motifs is 1. The van der Waals surface area contributed by atoms with E-state index in [1.807, 2.05) is 66.2 Å². The highest BCUT2D eigenvalue weighted by atomic mass is 79.9. The topological polar surface area (TPSA) is 90.0 Å². The largest absolute Gasteiger partial charge is 0.341 e. The molecule has 4 aromatic rings. The Morgan fingerprint density at radius 3 is 2.87 bits per heavy atom. The monoisotopic (exact) mass is 485 g/mol. The highest BCUT2D eigenvalue weighted by Crippen LogP contribution is 2.21. The van der Waals surface area contributed by atoms with Gasteiger partial charge in [0.2, 0.25) is 0 Å². The summed E-state index contributed by atoms with van der Waals surface area (Å²) in [6.45, 7) is 1.83. The summed E-state index contributed by atoms with van der Waals surface area (Å²) in [5, 5.41) is 19.9. The predicted molar refractivity (Wildman–Crippen MR) is 120 cm³/mol. The third-order valence-electron chi connectivity index (χ3n) is 4.73. The van der Waals surface area contributed by atoms with Crippen LogP contribution in [-0.4, -0.2) is 47.5 Å². The fourth-order valence-electron chi connectivity index (χ4n) is 3.22. The van der Waals surface area contributed by atoms with Crippen molar-refractivity contribution < 1.29 is 4.79 Å². The lowest BCUT2D eigenvalue weighted by molar-refractivity contribution is 0.0928. The summed E-state index contributed by atoms with van der Waals surface area (Å²) in [5.74, 6) is 1.29. The maximum absolute atomic E-state index is 13.1. The molecule has 4 rings (SSSR count). The number of carbonyl (C=O) groups excluding carboxylic acids is 1. The molecule has 0 aliphatic carbocycles. The van der Waals surface area contributed by atoms with Crippen LogP contribution < -0.4 is 5.32 Å². The summed E-state index contributed by atoms with van der Waals surface area (Å²) in [4.78, 5) is 13.1. The Bertz CT molecular complexity index is 1190. The normalized spacial score (nSPS) is 12.2. The zero-order chi connectivity index (χ0) is 21.1. The molecule has 3 heterocycles. The van der Waals surface area contributed by atoms with E-state index in [0.29, 0.717) is 11.5 Å². The van der Waals surface area contributed by atoms with Crippen LogP contribution >= 0.6 is 27.7 Å². The van der Waals surface area contributed by atoms with Gasteiger partial charge in [-0.3, -0.25) is 9.20 Å². The number of hydrogen-bond donors (Lipinski definition) is 1. The maximum Gasteiger partial charge on any atom is 0.274 e. The first-order chi connectivity index (χ1) is 14.6. The molecule has 0 aliphatic rings. The van der Waals surface area contributed by atoms with Crippen LogP contribution in [0.15, 0.2) is 53.1 Å². The van der Waals surface area contributed by atoms with Crippen molar-refractivity contribution in [3.8, 4) is 5.69 Å². The molecule has 10 heteroatoms. The van der Waals surface area contributed by atoms with Gasteiger partial charge in [-0.1, -0.05) is 33.3 Å². The zero-order valence-corrected chi connectivity index (χ0v) is 18.9. The minimum Gasteiger partial charge on any atom is -0.341 e. The van der Waals surface area contributed by atoms with E-state index in [4.69, 9.17) is 0 Å². The fraction of sp³-hybridized carbons (Fsp3) is 0.250. The number of aromatic nitrogens is 6. The van der Waals surface area contributed by atoms with Crippen LogP contribution in [0.25, 0.3) is 11.3 Å². The molecule has 0 saturated heterocycles. The Labute approximate surface area is 186 Å². The molecule has 1 unspecified atom stereocenters. The van der Waals surface area contributed by atoms with Crippen molar-refractivity contribution in [2.24, 2.45) is 0 Å². The summed E-state index contributed by atoms with van der Waals surface area (Å²) < 4.78 is 4.48. The molecule has 0 fully saturated rings. The number of halogens is 1. The van der Waals surface area contributed by atoms with Crippen LogP contribution in [0.4, 0.5) is 0 Å². The number of rotatable bonds is 7. The summed E-state index contributed by atoms with van der Waals surface area (Å²) >= 11 is 5.18. The van der Waals surface area contributed by atoms with E-state index < -0.39 is 0 Å². The number of amides is 1. The highest BCUT2D eigenvalue weighted by Gasteiger charge is 2.24. The van der Waals surface area contributed by atoms with E-state index in [-0.39, 0.29) is 17.6 Å². The van der Waals surface area contributed by atoms with E-state index in [0.717, 1.165) is 28.0 Å². The van der Waals surface area contributed by atoms with Gasteiger partial charge < -0.3 is 5.32 Å². The molecular weight excluding hydrogens is 466 g/mol. The van der Waals surface area contributed by atoms with Crippen LogP contribution in [0.2, 0.25) is 0 Å². The first-order valence-electron chi connectivity index (χ1n) is 9.36. The van der Waals surface area contributed by atoms with E-state index in [1.54, 1.807) is 16.4 Å². The second kappa shape index (κ2) is 8.97. The predicted octanol–water partition coefficient (Wildman–Crippen LogP) is 3.61. The summed E-state index contributed by atoms with van der Waals surface area (Å²) in [7, 11) is 0. The fourth-order valence-corrected chi connectivity index (χ4v) is 4.08. The van der Waals surface area contributed by atoms with Crippen molar-refractivity contribution in [2.45, 2.75) is 19.4 Å². The summed E-state index contributed by atoms with van der Waals surface area (Å²) in [5.41, 5.74) is 2.53. The van der Waals surface area contributed by atoms with Crippen molar-refractivity contribution in [1.29, 1.82) is 0 Å². The number of nitrogens with one attached hydrogen (secondary N) is 1. The van der Waals surface area contributed by atoms with Gasteiger partial charge in [-0.15, -0.1) is 15.3 Å². The molecule has 3 aromatic heterocycles. The Hall–Kier alpha value is -2.72. The Balaban J connectivity index is 1.62. The minimum atomic E-state index is -0.294. The Morgan fingerprint density at radius 2 is 2.07 bits per heavy atom. The van der Waals surface area contributed by atoms with Gasteiger partial charge in [-0.2, -0.15) is 11.8 Å². The average molecular weight is 486 g/mol. The summed E-state index contributed by atoms with van der Waals surface area (Å²) in [6.07, 6.45) is 4.66. The summed E-state index contributed by atoms with van der Waals surface area (Å²) in [6, 6.07) is 13.1. The van der Waals surface area contributed by atoms with Gasteiger partial charge in [0, 0.05) is 10.7 Å². The Morgan fingerprint density at radius 1 is 1.20 bits per heavy atom. The van der Waals surface area contributed by atoms with Gasteiger partial charge in [-0.05, 0) is 55.7 Å². The first-order valence-corrected chi connectivity index (χ1v) is 11.5. The lowest BCUT2D eigenvalue weighted by atomic mass is 10.2. The second-order valence-electron chi connectivity index (χ2n) is 6.71. The molecule has 154 valence electrons. The third-order valence-corrected chi connectivity index (χ3v) is 5.87. The van der Waals surface area contributed by atoms with E-state index in [9.17, 15) is 4.79 Å². The smallest absolute Gasteiger partial charge is 0.274 e. The molecule has 0 spiro atoms. The van der Waals surface area contributed by atoms with Gasteiger partial charge >= 0.3 is 0 Å². The lowest BCUT2D eigenvalue weighted by Crippen LogP contribution is -2.31. The molecule has 1 aromatic carbocycles. The molecule has 8 nitrogen and oxygen atoms in total. The van der Waals surface area contributed by atoms with E-state index in [2.05, 4.69) is 41.8 Å². The Kier molecular flexibility index (Phi) is 6.14. The van der Waals surface area contributed by atoms with Gasteiger partial charge in [0.1, 0.15) is 0 Å².